The van der Waals surface area contributed by atoms with Gasteiger partial charge >= 0.3 is 0 Å². The highest BCUT2D eigenvalue weighted by atomic mass is 16.6. The van der Waals surface area contributed by atoms with E-state index in [-0.39, 0.29) is 11.5 Å². The molecule has 1 aliphatic heterocycles. The summed E-state index contributed by atoms with van der Waals surface area (Å²) in [5.41, 5.74) is 2.77. The first-order valence-electron chi connectivity index (χ1n) is 9.94. The predicted octanol–water partition coefficient (Wildman–Crippen LogP) is 3.88. The number of carbonyl (C=O) groups excluding carboxylic acids is 1. The number of aromatic nitrogens is 3. The highest BCUT2D eigenvalue weighted by Crippen LogP contribution is 2.41. The number of carbonyl (C=O) groups is 1. The van der Waals surface area contributed by atoms with Gasteiger partial charge < -0.3 is 10.1 Å². The Balaban J connectivity index is 1.67. The molecule has 0 saturated heterocycles. The molecule has 9 heteroatoms. The highest BCUT2D eigenvalue weighted by Gasteiger charge is 2.37. The molecule has 1 N–H and O–H groups in total. The fourth-order valence-electron chi connectivity index (χ4n) is 4.16. The van der Waals surface area contributed by atoms with E-state index < -0.39 is 11.0 Å². The lowest BCUT2D eigenvalue weighted by molar-refractivity contribution is -0.384. The largest absolute Gasteiger partial charge is 0.497 e. The molecule has 3 aromatic rings. The molecule has 0 saturated carbocycles. The smallest absolute Gasteiger partial charge is 0.269 e. The normalized spacial score (nSPS) is 17.6. The molecule has 2 aromatic carbocycles. The molecular weight excluding hydrogens is 398 g/mol. The molecule has 2 aliphatic rings. The summed E-state index contributed by atoms with van der Waals surface area (Å²) in [5, 5.41) is 19.3. The van der Waals surface area contributed by atoms with Crippen molar-refractivity contribution in [3.8, 4) is 17.1 Å². The Morgan fingerprint density at radius 3 is 2.84 bits per heavy atom. The Morgan fingerprint density at radius 2 is 2.03 bits per heavy atom. The van der Waals surface area contributed by atoms with Gasteiger partial charge in [-0.05, 0) is 30.5 Å². The number of Topliss-reactive ketones (excluding diaryl/α,β-unsaturated/α-hetero) is 1. The molecule has 0 radical (unpaired) electrons. The topological polar surface area (TPSA) is 112 Å². The lowest BCUT2D eigenvalue weighted by atomic mass is 9.85. The van der Waals surface area contributed by atoms with Crippen LogP contribution in [0.4, 0.5) is 11.6 Å². The molecule has 1 unspecified atom stereocenters. The fraction of sp³-hybridized carbons (Fsp3) is 0.227. The van der Waals surface area contributed by atoms with E-state index >= 15 is 0 Å². The molecule has 1 atom stereocenters. The van der Waals surface area contributed by atoms with Gasteiger partial charge in [-0.25, -0.2) is 4.68 Å². The Hall–Kier alpha value is -4.01. The van der Waals surface area contributed by atoms with Gasteiger partial charge in [0.1, 0.15) is 11.8 Å². The Bertz CT molecular complexity index is 1250. The van der Waals surface area contributed by atoms with E-state index in [4.69, 9.17) is 4.74 Å². The highest BCUT2D eigenvalue weighted by molar-refractivity contribution is 5.99. The minimum absolute atomic E-state index is 0.0225. The second-order valence-electron chi connectivity index (χ2n) is 7.48. The van der Waals surface area contributed by atoms with Crippen LogP contribution in [0.1, 0.15) is 30.9 Å². The number of ether oxygens (including phenoxy) is 1. The number of non-ortho nitro benzene ring substituents is 1. The van der Waals surface area contributed by atoms with Crippen LogP contribution in [0, 0.1) is 10.1 Å². The number of hydrogen-bond donors (Lipinski definition) is 1. The van der Waals surface area contributed by atoms with E-state index in [0.717, 1.165) is 17.7 Å². The van der Waals surface area contributed by atoms with Gasteiger partial charge in [-0.15, -0.1) is 5.10 Å². The first-order chi connectivity index (χ1) is 15.0. The Kier molecular flexibility index (Phi) is 4.50. The molecule has 1 aromatic heterocycles. The van der Waals surface area contributed by atoms with Crippen LogP contribution in [0.5, 0.6) is 5.75 Å². The molecule has 0 spiro atoms. The second-order valence-corrected chi connectivity index (χ2v) is 7.48. The Labute approximate surface area is 177 Å². The second kappa shape index (κ2) is 7.35. The lowest BCUT2D eigenvalue weighted by Crippen LogP contribution is -2.31. The molecule has 5 rings (SSSR count). The molecule has 0 bridgehead atoms. The number of methoxy groups -OCH3 is 1. The summed E-state index contributed by atoms with van der Waals surface area (Å²) < 4.78 is 6.95. The van der Waals surface area contributed by atoms with Gasteiger partial charge in [0.25, 0.3) is 5.69 Å². The zero-order chi connectivity index (χ0) is 21.5. The number of hydrogen-bond acceptors (Lipinski definition) is 7. The Morgan fingerprint density at radius 1 is 1.19 bits per heavy atom. The maximum atomic E-state index is 12.9. The molecule has 9 nitrogen and oxygen atoms in total. The van der Waals surface area contributed by atoms with Crippen molar-refractivity contribution in [3.63, 3.8) is 0 Å². The number of nitrogens with zero attached hydrogens (tertiary/aromatic N) is 4. The van der Waals surface area contributed by atoms with Crippen LogP contribution in [0.3, 0.4) is 0 Å². The third-order valence-corrected chi connectivity index (χ3v) is 5.59. The van der Waals surface area contributed by atoms with Gasteiger partial charge in [-0.3, -0.25) is 14.9 Å². The van der Waals surface area contributed by atoms with Crippen LogP contribution in [0.2, 0.25) is 0 Å². The van der Waals surface area contributed by atoms with Gasteiger partial charge in [-0.2, -0.15) is 4.98 Å². The van der Waals surface area contributed by atoms with E-state index in [9.17, 15) is 14.9 Å². The number of rotatable bonds is 4. The van der Waals surface area contributed by atoms with Crippen molar-refractivity contribution in [1.29, 1.82) is 0 Å². The number of allylic oxidation sites excluding steroid dienone is 2. The van der Waals surface area contributed by atoms with Crippen LogP contribution in [0.25, 0.3) is 11.4 Å². The summed E-state index contributed by atoms with van der Waals surface area (Å²) in [4.78, 5) is 28.5. The minimum Gasteiger partial charge on any atom is -0.497 e. The maximum absolute atomic E-state index is 12.9. The molecule has 1 aliphatic carbocycles. The average molecular weight is 417 g/mol. The maximum Gasteiger partial charge on any atom is 0.269 e. The number of fused-ring (bicyclic) bond motifs is 1. The monoisotopic (exact) mass is 417 g/mol. The number of nitro benzene ring substituents is 1. The SMILES string of the molecule is COc1cccc(-c2nc3n(n2)C(c2cccc([N+](=O)[O-])c2)C2=C(CCCC2=O)N3)c1. The first kappa shape index (κ1) is 19.0. The number of benzene rings is 2. The summed E-state index contributed by atoms with van der Waals surface area (Å²) >= 11 is 0. The van der Waals surface area contributed by atoms with Gasteiger partial charge in [0.05, 0.1) is 12.0 Å². The zero-order valence-electron chi connectivity index (χ0n) is 16.7. The average Bonchev–Trinajstić information content (AvgIpc) is 3.21. The molecule has 156 valence electrons. The molecule has 0 amide bonds. The van der Waals surface area contributed by atoms with Crippen molar-refractivity contribution in [3.05, 3.63) is 75.5 Å². The number of anilines is 1. The van der Waals surface area contributed by atoms with E-state index in [2.05, 4.69) is 15.4 Å². The van der Waals surface area contributed by atoms with Crippen molar-refractivity contribution >= 4 is 17.4 Å². The molecule has 0 fully saturated rings. The summed E-state index contributed by atoms with van der Waals surface area (Å²) in [6.45, 7) is 0. The predicted molar refractivity (Wildman–Crippen MR) is 113 cm³/mol. The van der Waals surface area contributed by atoms with Crippen LogP contribution in [-0.4, -0.2) is 32.6 Å². The molecule has 31 heavy (non-hydrogen) atoms. The van der Waals surface area contributed by atoms with Crippen molar-refractivity contribution in [2.24, 2.45) is 0 Å². The summed E-state index contributed by atoms with van der Waals surface area (Å²) in [6.07, 6.45) is 1.91. The van der Waals surface area contributed by atoms with Crippen LogP contribution >= 0.6 is 0 Å². The fourth-order valence-corrected chi connectivity index (χ4v) is 4.16. The van der Waals surface area contributed by atoms with Gasteiger partial charge in [-0.1, -0.05) is 24.3 Å². The summed E-state index contributed by atoms with van der Waals surface area (Å²) in [7, 11) is 1.59. The van der Waals surface area contributed by atoms with Crippen LogP contribution in [-0.2, 0) is 4.79 Å². The van der Waals surface area contributed by atoms with Crippen molar-refractivity contribution in [1.82, 2.24) is 14.8 Å². The summed E-state index contributed by atoms with van der Waals surface area (Å²) in [5.74, 6) is 1.68. The minimum atomic E-state index is -0.578. The van der Waals surface area contributed by atoms with E-state index in [1.807, 2.05) is 24.3 Å². The first-order valence-corrected chi connectivity index (χ1v) is 9.94. The standard InChI is InChI=1S/C22H19N5O4/c1-31-16-8-3-6-14(12-16)21-24-22-23-17-9-4-10-18(28)19(17)20(26(22)25-21)13-5-2-7-15(11-13)27(29)30/h2-3,5-8,11-12,20H,4,9-10H2,1H3,(H,23,24,25). The van der Waals surface area contributed by atoms with Crippen molar-refractivity contribution < 1.29 is 14.5 Å². The number of nitro groups is 1. The van der Waals surface area contributed by atoms with Gasteiger partial charge in [0, 0.05) is 35.4 Å². The van der Waals surface area contributed by atoms with Gasteiger partial charge in [0.15, 0.2) is 11.6 Å². The summed E-state index contributed by atoms with van der Waals surface area (Å²) in [6, 6.07) is 13.2. The van der Waals surface area contributed by atoms with Crippen LogP contribution < -0.4 is 10.1 Å². The quantitative estimate of drug-likeness (QED) is 0.506. The van der Waals surface area contributed by atoms with Crippen molar-refractivity contribution in [2.75, 3.05) is 12.4 Å². The van der Waals surface area contributed by atoms with E-state index in [1.165, 1.54) is 12.1 Å². The van der Waals surface area contributed by atoms with E-state index in [1.54, 1.807) is 23.9 Å². The third-order valence-electron chi connectivity index (χ3n) is 5.59. The molecular formula is C22H19N5O4. The third kappa shape index (κ3) is 3.24. The molecule has 2 heterocycles. The van der Waals surface area contributed by atoms with Gasteiger partial charge in [0.2, 0.25) is 5.95 Å². The van der Waals surface area contributed by atoms with Crippen LogP contribution in [0.15, 0.2) is 59.8 Å². The number of ketones is 1. The zero-order valence-corrected chi connectivity index (χ0v) is 16.7. The lowest BCUT2D eigenvalue weighted by Gasteiger charge is -2.32. The van der Waals surface area contributed by atoms with E-state index in [0.29, 0.717) is 41.5 Å². The number of nitrogens with one attached hydrogen (secondary N) is 1. The van der Waals surface area contributed by atoms with Crippen molar-refractivity contribution in [2.45, 2.75) is 25.3 Å².